The van der Waals surface area contributed by atoms with Gasteiger partial charge < -0.3 is 10.3 Å². The quantitative estimate of drug-likeness (QED) is 0.673. The van der Waals surface area contributed by atoms with E-state index in [9.17, 15) is 10.3 Å². The Hall–Kier alpha value is -1.27. The second kappa shape index (κ2) is 6.06. The molecule has 0 saturated carbocycles. The van der Waals surface area contributed by atoms with Gasteiger partial charge in [0.25, 0.3) is 0 Å². The number of pyridine rings is 1. The lowest BCUT2D eigenvalue weighted by Crippen LogP contribution is -2.25. The Balaban J connectivity index is 2.07. The number of aliphatic hydroxyl groups is 1. The molecule has 5 heteroatoms. The van der Waals surface area contributed by atoms with Gasteiger partial charge in [-0.1, -0.05) is 46.3 Å². The number of nitrogens with zero attached hydrogens (tertiary/aromatic N) is 2. The van der Waals surface area contributed by atoms with Crippen molar-refractivity contribution in [3.63, 3.8) is 0 Å². The molecule has 18 heavy (non-hydrogen) atoms. The molecule has 0 saturated heterocycles. The van der Waals surface area contributed by atoms with Crippen molar-refractivity contribution in [3.05, 3.63) is 64.4 Å². The summed E-state index contributed by atoms with van der Waals surface area (Å²) < 4.78 is 0.805. The van der Waals surface area contributed by atoms with Gasteiger partial charge in [0.1, 0.15) is 0 Å². The normalized spacial score (nSPS) is 12.7. The minimum atomic E-state index is -1.15. The van der Waals surface area contributed by atoms with Gasteiger partial charge in [-0.2, -0.15) is 5.06 Å². The molecule has 1 atom stereocenters. The van der Waals surface area contributed by atoms with E-state index in [1.807, 2.05) is 30.3 Å². The van der Waals surface area contributed by atoms with Crippen LogP contribution in [-0.2, 0) is 6.54 Å². The largest absolute Gasteiger partial charge is 0.371 e. The molecule has 0 fully saturated rings. The number of rotatable bonds is 4. The van der Waals surface area contributed by atoms with Gasteiger partial charge in [-0.05, 0) is 17.7 Å². The first-order chi connectivity index (χ1) is 8.66. The molecule has 0 aliphatic carbocycles. The van der Waals surface area contributed by atoms with Crippen LogP contribution in [0.25, 0.3) is 0 Å². The maximum absolute atomic E-state index is 9.97. The fraction of sp³-hybridized carbons (Fsp3) is 0.154. The van der Waals surface area contributed by atoms with Crippen molar-refractivity contribution in [2.24, 2.45) is 0 Å². The molecule has 4 nitrogen and oxygen atoms in total. The summed E-state index contributed by atoms with van der Waals surface area (Å²) in [5.41, 5.74) is 1.30. The van der Waals surface area contributed by atoms with Crippen molar-refractivity contribution in [2.75, 3.05) is 0 Å². The number of benzene rings is 1. The minimum absolute atomic E-state index is 0.232. The number of aromatic nitrogens is 1. The number of hydroxylamine groups is 2. The van der Waals surface area contributed by atoms with Crippen molar-refractivity contribution >= 4 is 15.9 Å². The lowest BCUT2D eigenvalue weighted by atomic mass is 10.2. The van der Waals surface area contributed by atoms with Gasteiger partial charge in [0.05, 0.1) is 12.2 Å². The van der Waals surface area contributed by atoms with Crippen molar-refractivity contribution in [3.8, 4) is 0 Å². The first-order valence-corrected chi connectivity index (χ1v) is 6.25. The van der Waals surface area contributed by atoms with Gasteiger partial charge in [0, 0.05) is 10.7 Å². The topological polar surface area (TPSA) is 56.6 Å². The van der Waals surface area contributed by atoms with Crippen LogP contribution in [0.1, 0.15) is 17.5 Å². The second-order valence-electron chi connectivity index (χ2n) is 3.86. The molecule has 1 aromatic carbocycles. The van der Waals surface area contributed by atoms with Crippen molar-refractivity contribution < 1.29 is 10.3 Å². The van der Waals surface area contributed by atoms with Crippen LogP contribution >= 0.6 is 15.9 Å². The van der Waals surface area contributed by atoms with Gasteiger partial charge in [-0.25, -0.2) is 0 Å². The summed E-state index contributed by atoms with van der Waals surface area (Å²) in [5, 5.41) is 20.7. The number of hydrogen-bond acceptors (Lipinski definition) is 4. The SMILES string of the molecule is OC(c1cc(Br)ccn1)N(O)Cc1ccccc1. The molecule has 0 amide bonds. The van der Waals surface area contributed by atoms with Crippen LogP contribution in [0.5, 0.6) is 0 Å². The second-order valence-corrected chi connectivity index (χ2v) is 4.77. The number of aliphatic hydroxyl groups excluding tert-OH is 1. The molecule has 1 heterocycles. The van der Waals surface area contributed by atoms with E-state index < -0.39 is 6.23 Å². The van der Waals surface area contributed by atoms with Crippen LogP contribution in [0.15, 0.2) is 53.1 Å². The summed E-state index contributed by atoms with van der Waals surface area (Å²) in [6, 6.07) is 12.8. The first-order valence-electron chi connectivity index (χ1n) is 5.46. The zero-order chi connectivity index (χ0) is 13.0. The van der Waals surface area contributed by atoms with Gasteiger partial charge in [0.15, 0.2) is 6.23 Å². The van der Waals surface area contributed by atoms with Crippen LogP contribution in [0, 0.1) is 0 Å². The van der Waals surface area contributed by atoms with Gasteiger partial charge in [0.2, 0.25) is 0 Å². The Labute approximate surface area is 114 Å². The molecule has 2 aromatic rings. The maximum atomic E-state index is 9.97. The molecule has 0 aliphatic heterocycles. The van der Waals surface area contributed by atoms with E-state index in [4.69, 9.17) is 0 Å². The summed E-state index contributed by atoms with van der Waals surface area (Å²) in [6.07, 6.45) is 0.418. The van der Waals surface area contributed by atoms with Crippen molar-refractivity contribution in [1.82, 2.24) is 10.0 Å². The monoisotopic (exact) mass is 308 g/mol. The smallest absolute Gasteiger partial charge is 0.172 e. The lowest BCUT2D eigenvalue weighted by Gasteiger charge is -2.20. The number of halogens is 1. The lowest BCUT2D eigenvalue weighted by molar-refractivity contribution is -0.208. The zero-order valence-corrected chi connectivity index (χ0v) is 11.2. The third-order valence-corrected chi connectivity index (χ3v) is 2.97. The van der Waals surface area contributed by atoms with E-state index in [1.54, 1.807) is 18.3 Å². The highest BCUT2D eigenvalue weighted by Crippen LogP contribution is 2.19. The van der Waals surface area contributed by atoms with Crippen molar-refractivity contribution in [2.45, 2.75) is 12.8 Å². The van der Waals surface area contributed by atoms with Crippen molar-refractivity contribution in [1.29, 1.82) is 0 Å². The highest BCUT2D eigenvalue weighted by atomic mass is 79.9. The van der Waals surface area contributed by atoms with E-state index in [0.717, 1.165) is 15.1 Å². The van der Waals surface area contributed by atoms with E-state index in [0.29, 0.717) is 5.69 Å². The maximum Gasteiger partial charge on any atom is 0.172 e. The van der Waals surface area contributed by atoms with Gasteiger partial charge in [-0.3, -0.25) is 4.98 Å². The average Bonchev–Trinajstić information content (AvgIpc) is 2.39. The Kier molecular flexibility index (Phi) is 4.43. The summed E-state index contributed by atoms with van der Waals surface area (Å²) in [4.78, 5) is 4.02. The van der Waals surface area contributed by atoms with E-state index >= 15 is 0 Å². The molecule has 1 unspecified atom stereocenters. The standard InChI is InChI=1S/C13H13BrN2O2/c14-11-6-7-15-12(8-11)13(17)16(18)9-10-4-2-1-3-5-10/h1-8,13,17-18H,9H2. The summed E-state index contributed by atoms with van der Waals surface area (Å²) >= 11 is 3.30. The average molecular weight is 309 g/mol. The van der Waals surface area contributed by atoms with Gasteiger partial charge in [-0.15, -0.1) is 0 Å². The molecule has 0 bridgehead atoms. The Morgan fingerprint density at radius 2 is 1.94 bits per heavy atom. The van der Waals surface area contributed by atoms with E-state index in [-0.39, 0.29) is 6.54 Å². The predicted molar refractivity (Wildman–Crippen MR) is 70.7 cm³/mol. The molecular formula is C13H13BrN2O2. The summed E-state index contributed by atoms with van der Waals surface area (Å²) in [6.45, 7) is 0.232. The predicted octanol–water partition coefficient (Wildman–Crippen LogP) is 2.73. The Morgan fingerprint density at radius 3 is 2.61 bits per heavy atom. The summed E-state index contributed by atoms with van der Waals surface area (Å²) in [7, 11) is 0. The minimum Gasteiger partial charge on any atom is -0.371 e. The van der Waals surface area contributed by atoms with Crippen LogP contribution in [0.4, 0.5) is 0 Å². The fourth-order valence-electron chi connectivity index (χ4n) is 1.57. The van der Waals surface area contributed by atoms with Crippen LogP contribution in [0.3, 0.4) is 0 Å². The molecule has 0 aliphatic rings. The Bertz CT molecular complexity index is 507. The molecule has 2 N–H and O–H groups in total. The third-order valence-electron chi connectivity index (χ3n) is 2.48. The molecule has 1 aromatic heterocycles. The molecular weight excluding hydrogens is 296 g/mol. The van der Waals surface area contributed by atoms with E-state index in [1.165, 1.54) is 0 Å². The molecule has 0 radical (unpaired) electrons. The molecule has 94 valence electrons. The van der Waals surface area contributed by atoms with E-state index in [2.05, 4.69) is 20.9 Å². The fourth-order valence-corrected chi connectivity index (χ4v) is 1.92. The first kappa shape index (κ1) is 13.2. The zero-order valence-electron chi connectivity index (χ0n) is 9.57. The molecule has 2 rings (SSSR count). The Morgan fingerprint density at radius 1 is 1.22 bits per heavy atom. The summed E-state index contributed by atoms with van der Waals surface area (Å²) in [5.74, 6) is 0. The van der Waals surface area contributed by atoms with Crippen LogP contribution in [-0.4, -0.2) is 20.4 Å². The number of hydrogen-bond donors (Lipinski definition) is 2. The highest BCUT2D eigenvalue weighted by molar-refractivity contribution is 9.10. The highest BCUT2D eigenvalue weighted by Gasteiger charge is 2.17. The van der Waals surface area contributed by atoms with Gasteiger partial charge >= 0.3 is 0 Å². The van der Waals surface area contributed by atoms with Crippen LogP contribution in [0.2, 0.25) is 0 Å². The third kappa shape index (κ3) is 3.36. The molecule has 0 spiro atoms. The van der Waals surface area contributed by atoms with Crippen LogP contribution < -0.4 is 0 Å².